The summed E-state index contributed by atoms with van der Waals surface area (Å²) in [4.78, 5) is 8.49. The number of nitrogen functional groups attached to an aromatic ring is 1. The van der Waals surface area contributed by atoms with Gasteiger partial charge in [0.1, 0.15) is 12.1 Å². The average Bonchev–Trinajstić information content (AvgIpc) is 3.09. The number of nitrogens with two attached hydrogens (primary N) is 1. The average molecular weight is 289 g/mol. The van der Waals surface area contributed by atoms with E-state index in [1.807, 2.05) is 13.8 Å². The van der Waals surface area contributed by atoms with E-state index in [-0.39, 0.29) is 0 Å². The summed E-state index contributed by atoms with van der Waals surface area (Å²) in [6, 6.07) is 0. The zero-order valence-electron chi connectivity index (χ0n) is 12.7. The fourth-order valence-electron chi connectivity index (χ4n) is 3.45. The molecule has 0 amide bonds. The summed E-state index contributed by atoms with van der Waals surface area (Å²) < 4.78 is 1.56. The van der Waals surface area contributed by atoms with Crippen LogP contribution in [-0.2, 0) is 6.42 Å². The molecule has 0 aromatic carbocycles. The van der Waals surface area contributed by atoms with E-state index < -0.39 is 5.60 Å². The molecule has 1 fully saturated rings. The van der Waals surface area contributed by atoms with Gasteiger partial charge in [0.15, 0.2) is 0 Å². The number of aliphatic hydroxyl groups is 1. The van der Waals surface area contributed by atoms with Gasteiger partial charge in [0.2, 0.25) is 0 Å². The van der Waals surface area contributed by atoms with Crippen molar-refractivity contribution in [2.45, 2.75) is 58.0 Å². The maximum absolute atomic E-state index is 10.7. The van der Waals surface area contributed by atoms with Crippen LogP contribution in [0.25, 0.3) is 5.78 Å². The first kappa shape index (κ1) is 14.3. The number of anilines is 1. The van der Waals surface area contributed by atoms with Gasteiger partial charge >= 0.3 is 0 Å². The monoisotopic (exact) mass is 289 g/mol. The molecular weight excluding hydrogens is 266 g/mol. The lowest BCUT2D eigenvalue weighted by atomic mass is 9.83. The maximum atomic E-state index is 10.7. The molecule has 1 atom stereocenters. The van der Waals surface area contributed by atoms with Crippen LogP contribution in [0.1, 0.15) is 50.3 Å². The third-order valence-corrected chi connectivity index (χ3v) is 4.89. The first-order chi connectivity index (χ1) is 9.99. The van der Waals surface area contributed by atoms with Gasteiger partial charge in [-0.3, -0.25) is 0 Å². The topological polar surface area (TPSA) is 89.3 Å². The molecule has 0 radical (unpaired) electrons. The van der Waals surface area contributed by atoms with E-state index in [0.29, 0.717) is 30.4 Å². The molecule has 1 saturated carbocycles. The van der Waals surface area contributed by atoms with Crippen molar-refractivity contribution >= 4 is 11.6 Å². The fraction of sp³-hybridized carbons (Fsp3) is 0.667. The minimum Gasteiger partial charge on any atom is -0.390 e. The Hall–Kier alpha value is -1.69. The molecule has 2 aromatic heterocycles. The van der Waals surface area contributed by atoms with Gasteiger partial charge < -0.3 is 10.8 Å². The Bertz CT molecular complexity index is 643. The molecule has 6 heteroatoms. The molecule has 3 rings (SSSR count). The highest BCUT2D eigenvalue weighted by Crippen LogP contribution is 2.36. The molecule has 0 bridgehead atoms. The summed E-state index contributed by atoms with van der Waals surface area (Å²) >= 11 is 0. The number of hydrogen-bond acceptors (Lipinski definition) is 5. The maximum Gasteiger partial charge on any atom is 0.254 e. The normalized spacial score (nSPS) is 19.2. The van der Waals surface area contributed by atoms with Gasteiger partial charge in [-0.15, -0.1) is 0 Å². The summed E-state index contributed by atoms with van der Waals surface area (Å²) in [5.41, 5.74) is 7.39. The number of rotatable bonds is 4. The zero-order chi connectivity index (χ0) is 15.0. The standard InChI is InChI=1S/C15H23N5O/c1-10-12(13(16)20-14(19-10)17-9-18-20)7-8-15(2,21)11-5-3-4-6-11/h9,11,21H,3-8,16H2,1-2H3. The largest absolute Gasteiger partial charge is 0.390 e. The van der Waals surface area contributed by atoms with Crippen molar-refractivity contribution in [1.29, 1.82) is 0 Å². The third-order valence-electron chi connectivity index (χ3n) is 4.89. The van der Waals surface area contributed by atoms with Gasteiger partial charge in [-0.2, -0.15) is 14.6 Å². The second kappa shape index (κ2) is 5.26. The Morgan fingerprint density at radius 3 is 2.86 bits per heavy atom. The lowest BCUT2D eigenvalue weighted by Crippen LogP contribution is -2.33. The quantitative estimate of drug-likeness (QED) is 0.897. The van der Waals surface area contributed by atoms with Crippen LogP contribution in [0.15, 0.2) is 6.33 Å². The Balaban J connectivity index is 1.81. The Morgan fingerprint density at radius 1 is 1.43 bits per heavy atom. The molecule has 1 aliphatic rings. The van der Waals surface area contributed by atoms with E-state index in [4.69, 9.17) is 5.73 Å². The summed E-state index contributed by atoms with van der Waals surface area (Å²) in [5, 5.41) is 14.8. The lowest BCUT2D eigenvalue weighted by molar-refractivity contribution is -0.00602. The molecule has 0 saturated heterocycles. The first-order valence-corrected chi connectivity index (χ1v) is 7.66. The molecule has 21 heavy (non-hydrogen) atoms. The van der Waals surface area contributed by atoms with E-state index in [1.54, 1.807) is 4.52 Å². The fourth-order valence-corrected chi connectivity index (χ4v) is 3.45. The van der Waals surface area contributed by atoms with Crippen molar-refractivity contribution in [3.8, 4) is 0 Å². The number of nitrogens with zero attached hydrogens (tertiary/aromatic N) is 4. The molecule has 1 unspecified atom stereocenters. The van der Waals surface area contributed by atoms with Crippen LogP contribution in [0.3, 0.4) is 0 Å². The van der Waals surface area contributed by atoms with Crippen molar-refractivity contribution in [1.82, 2.24) is 19.6 Å². The van der Waals surface area contributed by atoms with E-state index in [1.165, 1.54) is 19.2 Å². The molecule has 0 aliphatic heterocycles. The van der Waals surface area contributed by atoms with Crippen LogP contribution in [0, 0.1) is 12.8 Å². The van der Waals surface area contributed by atoms with Crippen molar-refractivity contribution in [2.75, 3.05) is 5.73 Å². The summed E-state index contributed by atoms with van der Waals surface area (Å²) in [7, 11) is 0. The number of fused-ring (bicyclic) bond motifs is 1. The number of aryl methyl sites for hydroxylation is 1. The second-order valence-electron chi connectivity index (χ2n) is 6.37. The molecule has 6 nitrogen and oxygen atoms in total. The van der Waals surface area contributed by atoms with Crippen molar-refractivity contribution in [3.63, 3.8) is 0 Å². The molecule has 114 valence electrons. The minimum atomic E-state index is -0.632. The number of hydrogen-bond donors (Lipinski definition) is 2. The molecule has 3 N–H and O–H groups in total. The van der Waals surface area contributed by atoms with Crippen LogP contribution in [0.2, 0.25) is 0 Å². The smallest absolute Gasteiger partial charge is 0.254 e. The van der Waals surface area contributed by atoms with Gasteiger partial charge in [-0.1, -0.05) is 12.8 Å². The van der Waals surface area contributed by atoms with Crippen molar-refractivity contribution < 1.29 is 5.11 Å². The minimum absolute atomic E-state index is 0.405. The SMILES string of the molecule is Cc1nc2ncnn2c(N)c1CCC(C)(O)C1CCCC1. The first-order valence-electron chi connectivity index (χ1n) is 7.66. The predicted molar refractivity (Wildman–Crippen MR) is 80.8 cm³/mol. The molecule has 0 spiro atoms. The lowest BCUT2D eigenvalue weighted by Gasteiger charge is -2.30. The van der Waals surface area contributed by atoms with E-state index in [9.17, 15) is 5.11 Å². The van der Waals surface area contributed by atoms with Gasteiger partial charge in [0.05, 0.1) is 5.60 Å². The summed E-state index contributed by atoms with van der Waals surface area (Å²) in [5.74, 6) is 1.51. The molecule has 1 aliphatic carbocycles. The Morgan fingerprint density at radius 2 is 2.14 bits per heavy atom. The summed E-state index contributed by atoms with van der Waals surface area (Å²) in [6.07, 6.45) is 7.58. The zero-order valence-corrected chi connectivity index (χ0v) is 12.7. The Labute approximate surface area is 124 Å². The van der Waals surface area contributed by atoms with Gasteiger partial charge in [-0.05, 0) is 45.4 Å². The van der Waals surface area contributed by atoms with Crippen LogP contribution < -0.4 is 5.73 Å². The van der Waals surface area contributed by atoms with Crippen LogP contribution >= 0.6 is 0 Å². The highest BCUT2D eigenvalue weighted by molar-refractivity contribution is 5.49. The van der Waals surface area contributed by atoms with Crippen molar-refractivity contribution in [3.05, 3.63) is 17.6 Å². The summed E-state index contributed by atoms with van der Waals surface area (Å²) in [6.45, 7) is 3.89. The predicted octanol–water partition coefficient (Wildman–Crippen LogP) is 1.89. The van der Waals surface area contributed by atoms with Gasteiger partial charge in [0.25, 0.3) is 5.78 Å². The second-order valence-corrected chi connectivity index (χ2v) is 6.37. The van der Waals surface area contributed by atoms with E-state index in [0.717, 1.165) is 24.1 Å². The van der Waals surface area contributed by atoms with Gasteiger partial charge in [0, 0.05) is 11.3 Å². The third kappa shape index (κ3) is 2.60. The highest BCUT2D eigenvalue weighted by atomic mass is 16.3. The van der Waals surface area contributed by atoms with E-state index in [2.05, 4.69) is 15.1 Å². The van der Waals surface area contributed by atoms with Gasteiger partial charge in [-0.25, -0.2) is 4.98 Å². The molecule has 2 heterocycles. The van der Waals surface area contributed by atoms with E-state index >= 15 is 0 Å². The van der Waals surface area contributed by atoms with Crippen LogP contribution in [-0.4, -0.2) is 30.3 Å². The Kier molecular flexibility index (Phi) is 3.57. The molecular formula is C15H23N5O. The molecule has 2 aromatic rings. The van der Waals surface area contributed by atoms with Crippen LogP contribution in [0.5, 0.6) is 0 Å². The highest BCUT2D eigenvalue weighted by Gasteiger charge is 2.33. The van der Waals surface area contributed by atoms with Crippen LogP contribution in [0.4, 0.5) is 5.82 Å². The van der Waals surface area contributed by atoms with Crippen molar-refractivity contribution in [2.24, 2.45) is 5.92 Å². The number of aromatic nitrogens is 4.